The first kappa shape index (κ1) is 17.9. The molecular weight excluding hydrogens is 350 g/mol. The van der Waals surface area contributed by atoms with E-state index in [1.54, 1.807) is 36.4 Å². The van der Waals surface area contributed by atoms with Crippen LogP contribution in [-0.4, -0.2) is 23.4 Å². The van der Waals surface area contributed by atoms with E-state index in [0.29, 0.717) is 11.4 Å². The maximum atomic E-state index is 12.1. The van der Waals surface area contributed by atoms with Crippen molar-refractivity contribution in [2.24, 2.45) is 0 Å². The van der Waals surface area contributed by atoms with Gasteiger partial charge in [-0.25, -0.2) is 0 Å². The molecule has 0 aliphatic carbocycles. The molecule has 0 radical (unpaired) electrons. The molecule has 2 N–H and O–H groups in total. The molecule has 0 aliphatic rings. The Bertz CT molecular complexity index is 987. The van der Waals surface area contributed by atoms with E-state index in [1.165, 1.54) is 12.4 Å². The Morgan fingerprint density at radius 3 is 2.41 bits per heavy atom. The van der Waals surface area contributed by atoms with E-state index in [4.69, 9.17) is 9.15 Å². The molecule has 0 fully saturated rings. The minimum atomic E-state index is -0.591. The summed E-state index contributed by atoms with van der Waals surface area (Å²) in [5.41, 5.74) is 0.547. The molecule has 0 atom stereocenters. The van der Waals surface area contributed by atoms with Gasteiger partial charge in [0.25, 0.3) is 11.8 Å². The highest BCUT2D eigenvalue weighted by Crippen LogP contribution is 2.10. The van der Waals surface area contributed by atoms with E-state index >= 15 is 0 Å². The van der Waals surface area contributed by atoms with Gasteiger partial charge in [0.1, 0.15) is 6.26 Å². The van der Waals surface area contributed by atoms with Crippen LogP contribution in [0.25, 0.3) is 0 Å². The van der Waals surface area contributed by atoms with Crippen LogP contribution in [0.15, 0.2) is 76.4 Å². The summed E-state index contributed by atoms with van der Waals surface area (Å²) >= 11 is 0. The van der Waals surface area contributed by atoms with Gasteiger partial charge >= 0.3 is 0 Å². The van der Waals surface area contributed by atoms with E-state index in [2.05, 4.69) is 15.6 Å². The number of amides is 2. The van der Waals surface area contributed by atoms with Crippen molar-refractivity contribution in [3.63, 3.8) is 0 Å². The summed E-state index contributed by atoms with van der Waals surface area (Å²) in [6, 6.07) is 13.0. The molecule has 1 aromatic carbocycles. The fraction of sp³-hybridized carbons (Fsp3) is 0.0526. The van der Waals surface area contributed by atoms with Crippen molar-refractivity contribution < 1.29 is 18.7 Å². The minimum absolute atomic E-state index is 0.168. The largest absolute Gasteiger partial charge is 0.477 e. The Morgan fingerprint density at radius 2 is 1.70 bits per heavy atom. The first-order valence-electron chi connectivity index (χ1n) is 7.94. The molecular formula is C19H15N3O5. The summed E-state index contributed by atoms with van der Waals surface area (Å²) in [5, 5.41) is 5.19. The lowest BCUT2D eigenvalue weighted by atomic mass is 10.3. The van der Waals surface area contributed by atoms with E-state index in [1.807, 2.05) is 6.07 Å². The SMILES string of the molecule is O=C(COc1coc(C(=O)Nc2ccncc2)cc1=O)Nc1ccccc1. The van der Waals surface area contributed by atoms with Gasteiger partial charge in [-0.15, -0.1) is 0 Å². The van der Waals surface area contributed by atoms with Gasteiger partial charge in [-0.05, 0) is 24.3 Å². The van der Waals surface area contributed by atoms with Crippen LogP contribution in [0.4, 0.5) is 11.4 Å². The predicted molar refractivity (Wildman–Crippen MR) is 97.7 cm³/mol. The smallest absolute Gasteiger partial charge is 0.291 e. The molecule has 2 aromatic heterocycles. The lowest BCUT2D eigenvalue weighted by molar-refractivity contribution is -0.118. The topological polar surface area (TPSA) is 111 Å². The number of anilines is 2. The molecule has 136 valence electrons. The van der Waals surface area contributed by atoms with Gasteiger partial charge < -0.3 is 19.8 Å². The van der Waals surface area contributed by atoms with Crippen LogP contribution in [0.5, 0.6) is 5.75 Å². The molecule has 0 saturated carbocycles. The number of nitrogens with zero attached hydrogens (tertiary/aromatic N) is 1. The van der Waals surface area contributed by atoms with Crippen LogP contribution in [0.3, 0.4) is 0 Å². The van der Waals surface area contributed by atoms with Gasteiger partial charge in [0.15, 0.2) is 12.4 Å². The van der Waals surface area contributed by atoms with E-state index in [-0.39, 0.29) is 18.1 Å². The van der Waals surface area contributed by atoms with Crippen molar-refractivity contribution in [3.8, 4) is 5.75 Å². The molecule has 8 heteroatoms. The number of hydrogen-bond acceptors (Lipinski definition) is 6. The van der Waals surface area contributed by atoms with Gasteiger partial charge in [0.2, 0.25) is 11.2 Å². The van der Waals surface area contributed by atoms with Crippen LogP contribution in [0, 0.1) is 0 Å². The zero-order chi connectivity index (χ0) is 19.1. The normalized spacial score (nSPS) is 10.1. The van der Waals surface area contributed by atoms with Crippen LogP contribution in [0.2, 0.25) is 0 Å². The second-order valence-corrected chi connectivity index (χ2v) is 5.37. The van der Waals surface area contributed by atoms with Crippen molar-refractivity contribution in [1.29, 1.82) is 0 Å². The Hall–Kier alpha value is -3.94. The van der Waals surface area contributed by atoms with Crippen LogP contribution in [-0.2, 0) is 4.79 Å². The van der Waals surface area contributed by atoms with Crippen molar-refractivity contribution in [1.82, 2.24) is 4.98 Å². The van der Waals surface area contributed by atoms with Crippen LogP contribution < -0.4 is 20.8 Å². The Morgan fingerprint density at radius 1 is 1.00 bits per heavy atom. The zero-order valence-electron chi connectivity index (χ0n) is 14.0. The summed E-state index contributed by atoms with van der Waals surface area (Å²) in [5.74, 6) is -1.37. The molecule has 0 aliphatic heterocycles. The third-order valence-corrected chi connectivity index (χ3v) is 3.38. The molecule has 2 heterocycles. The highest BCUT2D eigenvalue weighted by Gasteiger charge is 2.13. The number of benzene rings is 1. The predicted octanol–water partition coefficient (Wildman–Crippen LogP) is 2.30. The third-order valence-electron chi connectivity index (χ3n) is 3.38. The maximum absolute atomic E-state index is 12.1. The quantitative estimate of drug-likeness (QED) is 0.693. The van der Waals surface area contributed by atoms with Gasteiger partial charge in [-0.3, -0.25) is 19.4 Å². The number of carbonyl (C=O) groups excluding carboxylic acids is 2. The Labute approximate surface area is 153 Å². The number of aromatic nitrogens is 1. The molecule has 3 rings (SSSR count). The molecule has 0 spiro atoms. The fourth-order valence-electron chi connectivity index (χ4n) is 2.11. The Balaban J connectivity index is 1.59. The summed E-state index contributed by atoms with van der Waals surface area (Å²) in [6.45, 7) is -0.373. The first-order chi connectivity index (χ1) is 13.1. The second kappa shape index (κ2) is 8.43. The molecule has 0 saturated heterocycles. The Kier molecular flexibility index (Phi) is 5.58. The number of hydrogen-bond donors (Lipinski definition) is 2. The van der Waals surface area contributed by atoms with Crippen molar-refractivity contribution in [2.45, 2.75) is 0 Å². The number of para-hydroxylation sites is 1. The van der Waals surface area contributed by atoms with Crippen molar-refractivity contribution >= 4 is 23.2 Å². The number of pyridine rings is 1. The van der Waals surface area contributed by atoms with E-state index in [0.717, 1.165) is 12.3 Å². The molecule has 8 nitrogen and oxygen atoms in total. The monoisotopic (exact) mass is 365 g/mol. The molecule has 3 aromatic rings. The van der Waals surface area contributed by atoms with Crippen LogP contribution >= 0.6 is 0 Å². The van der Waals surface area contributed by atoms with Crippen molar-refractivity contribution in [2.75, 3.05) is 17.2 Å². The number of carbonyl (C=O) groups is 2. The summed E-state index contributed by atoms with van der Waals surface area (Å²) in [7, 11) is 0. The molecule has 2 amide bonds. The average Bonchev–Trinajstić information content (AvgIpc) is 2.68. The molecule has 0 bridgehead atoms. The standard InChI is InChI=1S/C19H15N3O5/c23-15-10-16(19(25)22-14-6-8-20-9-7-14)26-11-17(15)27-12-18(24)21-13-4-2-1-3-5-13/h1-11H,12H2,(H,21,24)(H,20,22,25). The second-order valence-electron chi connectivity index (χ2n) is 5.37. The third kappa shape index (κ3) is 5.02. The number of ether oxygens (including phenoxy) is 1. The lowest BCUT2D eigenvalue weighted by Crippen LogP contribution is -2.22. The average molecular weight is 365 g/mol. The van der Waals surface area contributed by atoms with E-state index in [9.17, 15) is 14.4 Å². The number of nitrogens with one attached hydrogen (secondary N) is 2. The van der Waals surface area contributed by atoms with Gasteiger partial charge in [0.05, 0.1) is 0 Å². The summed E-state index contributed by atoms with van der Waals surface area (Å²) in [4.78, 5) is 39.8. The molecule has 0 unspecified atom stereocenters. The molecule has 27 heavy (non-hydrogen) atoms. The maximum Gasteiger partial charge on any atom is 0.291 e. The van der Waals surface area contributed by atoms with Gasteiger partial charge in [-0.1, -0.05) is 18.2 Å². The highest BCUT2D eigenvalue weighted by atomic mass is 16.5. The summed E-state index contributed by atoms with van der Waals surface area (Å²) < 4.78 is 10.3. The van der Waals surface area contributed by atoms with Gasteiger partial charge in [0, 0.05) is 29.8 Å². The number of rotatable bonds is 6. The summed E-state index contributed by atoms with van der Waals surface area (Å²) in [6.07, 6.45) is 4.03. The first-order valence-corrected chi connectivity index (χ1v) is 7.94. The van der Waals surface area contributed by atoms with Crippen LogP contribution in [0.1, 0.15) is 10.6 Å². The van der Waals surface area contributed by atoms with Crippen molar-refractivity contribution in [3.05, 3.63) is 83.2 Å². The van der Waals surface area contributed by atoms with Gasteiger partial charge in [-0.2, -0.15) is 0 Å². The fourth-order valence-corrected chi connectivity index (χ4v) is 2.11. The zero-order valence-corrected chi connectivity index (χ0v) is 14.0. The van der Waals surface area contributed by atoms with E-state index < -0.39 is 17.2 Å². The highest BCUT2D eigenvalue weighted by molar-refractivity contribution is 6.02. The lowest BCUT2D eigenvalue weighted by Gasteiger charge is -2.07. The minimum Gasteiger partial charge on any atom is -0.477 e.